The minimum atomic E-state index is -0.551. The summed E-state index contributed by atoms with van der Waals surface area (Å²) in [5.41, 5.74) is 0.646. The van der Waals surface area contributed by atoms with Gasteiger partial charge in [0, 0.05) is 24.6 Å². The van der Waals surface area contributed by atoms with E-state index in [4.69, 9.17) is 4.74 Å². The highest BCUT2D eigenvalue weighted by atomic mass is 32.2. The molecule has 1 atom stereocenters. The summed E-state index contributed by atoms with van der Waals surface area (Å²) in [6.45, 7) is 2.32. The Morgan fingerprint density at radius 1 is 1.65 bits per heavy atom. The van der Waals surface area contributed by atoms with Gasteiger partial charge in [0.05, 0.1) is 12.7 Å². The van der Waals surface area contributed by atoms with Gasteiger partial charge in [0.25, 0.3) is 5.56 Å². The molecule has 0 aliphatic heterocycles. The van der Waals surface area contributed by atoms with Crippen LogP contribution in [0.15, 0.2) is 16.0 Å². The molecule has 0 amide bonds. The molecule has 0 saturated carbocycles. The smallest absolute Gasteiger partial charge is 0.251 e. The number of nitrogens with one attached hydrogen (secondary N) is 1. The largest absolute Gasteiger partial charge is 0.390 e. The van der Waals surface area contributed by atoms with Gasteiger partial charge in [-0.1, -0.05) is 25.1 Å². The number of aromatic nitrogens is 2. The molecule has 6 heteroatoms. The van der Waals surface area contributed by atoms with Crippen molar-refractivity contribution in [1.29, 1.82) is 0 Å². The van der Waals surface area contributed by atoms with E-state index in [2.05, 4.69) is 9.97 Å². The molecule has 1 rings (SSSR count). The number of thioether (sulfide) groups is 1. The zero-order chi connectivity index (χ0) is 12.7. The summed E-state index contributed by atoms with van der Waals surface area (Å²) in [5.74, 6) is 0.451. The average molecular weight is 258 g/mol. The van der Waals surface area contributed by atoms with Crippen LogP contribution in [0.25, 0.3) is 0 Å². The average Bonchev–Trinajstić information content (AvgIpc) is 2.26. The molecule has 1 aromatic heterocycles. The van der Waals surface area contributed by atoms with Gasteiger partial charge in [-0.15, -0.1) is 0 Å². The molecular formula is C11H18N2O3S. The zero-order valence-electron chi connectivity index (χ0n) is 10.1. The maximum atomic E-state index is 11.4. The van der Waals surface area contributed by atoms with Crippen molar-refractivity contribution in [2.24, 2.45) is 0 Å². The second-order valence-electron chi connectivity index (χ2n) is 3.71. The van der Waals surface area contributed by atoms with Crippen LogP contribution < -0.4 is 5.56 Å². The number of H-pyrrole nitrogens is 1. The van der Waals surface area contributed by atoms with Crippen LogP contribution in [0.2, 0.25) is 0 Å². The summed E-state index contributed by atoms with van der Waals surface area (Å²) in [5, 5.41) is 10.0. The molecule has 0 radical (unpaired) electrons. The first-order valence-corrected chi connectivity index (χ1v) is 6.54. The maximum Gasteiger partial charge on any atom is 0.251 e. The Labute approximate surface area is 105 Å². The van der Waals surface area contributed by atoms with Gasteiger partial charge in [-0.3, -0.25) is 4.79 Å². The topological polar surface area (TPSA) is 75.2 Å². The van der Waals surface area contributed by atoms with Crippen LogP contribution in [-0.4, -0.2) is 40.6 Å². The minimum absolute atomic E-state index is 0.146. The third-order valence-electron chi connectivity index (χ3n) is 2.05. The van der Waals surface area contributed by atoms with E-state index >= 15 is 0 Å². The van der Waals surface area contributed by atoms with Crippen molar-refractivity contribution >= 4 is 11.8 Å². The third kappa shape index (κ3) is 5.34. The van der Waals surface area contributed by atoms with E-state index < -0.39 is 6.10 Å². The molecule has 0 fully saturated rings. The van der Waals surface area contributed by atoms with Gasteiger partial charge in [0.2, 0.25) is 0 Å². The lowest BCUT2D eigenvalue weighted by Gasteiger charge is -2.08. The normalized spacial score (nSPS) is 12.6. The van der Waals surface area contributed by atoms with Gasteiger partial charge >= 0.3 is 0 Å². The van der Waals surface area contributed by atoms with E-state index in [1.165, 1.54) is 24.9 Å². The van der Waals surface area contributed by atoms with E-state index in [1.54, 1.807) is 0 Å². The summed E-state index contributed by atoms with van der Waals surface area (Å²) in [7, 11) is 1.54. The summed E-state index contributed by atoms with van der Waals surface area (Å²) < 4.78 is 4.82. The molecule has 1 heterocycles. The molecule has 0 aliphatic rings. The van der Waals surface area contributed by atoms with E-state index in [0.717, 1.165) is 18.5 Å². The Morgan fingerprint density at radius 2 is 2.41 bits per heavy atom. The molecule has 0 aliphatic carbocycles. The lowest BCUT2D eigenvalue weighted by Crippen LogP contribution is -2.17. The quantitative estimate of drug-likeness (QED) is 0.559. The van der Waals surface area contributed by atoms with Crippen LogP contribution >= 0.6 is 11.8 Å². The van der Waals surface area contributed by atoms with Crippen LogP contribution in [0.1, 0.15) is 19.0 Å². The molecule has 0 spiro atoms. The van der Waals surface area contributed by atoms with E-state index in [1.807, 2.05) is 6.92 Å². The Balaban J connectivity index is 2.61. The van der Waals surface area contributed by atoms with E-state index in [9.17, 15) is 9.90 Å². The number of hydrogen-bond acceptors (Lipinski definition) is 5. The van der Waals surface area contributed by atoms with Crippen LogP contribution in [0.4, 0.5) is 0 Å². The third-order valence-corrected chi connectivity index (χ3v) is 3.07. The Hall–Kier alpha value is -0.850. The molecular weight excluding hydrogens is 240 g/mol. The predicted molar refractivity (Wildman–Crippen MR) is 67.5 cm³/mol. The number of aliphatic hydroxyl groups excluding tert-OH is 1. The molecule has 17 heavy (non-hydrogen) atoms. The molecule has 0 aromatic carbocycles. The summed E-state index contributed by atoms with van der Waals surface area (Å²) >= 11 is 1.33. The number of hydrogen-bond donors (Lipinski definition) is 2. The van der Waals surface area contributed by atoms with Crippen molar-refractivity contribution in [3.8, 4) is 0 Å². The van der Waals surface area contributed by atoms with Gasteiger partial charge in [0.1, 0.15) is 0 Å². The number of methoxy groups -OCH3 is 1. The van der Waals surface area contributed by atoms with Crippen LogP contribution in [-0.2, 0) is 11.2 Å². The first kappa shape index (κ1) is 14.2. The second kappa shape index (κ2) is 7.47. The summed E-state index contributed by atoms with van der Waals surface area (Å²) in [4.78, 5) is 18.3. The lowest BCUT2D eigenvalue weighted by atomic mass is 10.2. The van der Waals surface area contributed by atoms with Crippen molar-refractivity contribution in [2.45, 2.75) is 31.0 Å². The van der Waals surface area contributed by atoms with E-state index in [-0.39, 0.29) is 12.2 Å². The van der Waals surface area contributed by atoms with Gasteiger partial charge in [-0.25, -0.2) is 4.98 Å². The number of ether oxygens (including phenoxy) is 1. The molecule has 0 bridgehead atoms. The first-order chi connectivity index (χ1) is 8.15. The minimum Gasteiger partial charge on any atom is -0.390 e. The summed E-state index contributed by atoms with van der Waals surface area (Å²) in [6.07, 6.45) is 1.19. The molecule has 96 valence electrons. The van der Waals surface area contributed by atoms with Gasteiger partial charge < -0.3 is 14.8 Å². The number of nitrogens with zero attached hydrogens (tertiary/aromatic N) is 1. The predicted octanol–water partition coefficient (Wildman–Crippen LogP) is 0.822. The van der Waals surface area contributed by atoms with Gasteiger partial charge in [-0.05, 0) is 6.42 Å². The van der Waals surface area contributed by atoms with Crippen molar-refractivity contribution in [3.63, 3.8) is 0 Å². The molecule has 0 saturated heterocycles. The Bertz CT molecular complexity index is 395. The standard InChI is InChI=1S/C11H18N2O3S/c1-3-4-8-5-10(15)13-11(12-8)17-7-9(14)6-16-2/h5,9,14H,3-4,6-7H2,1-2H3,(H,12,13,15). The summed E-state index contributed by atoms with van der Waals surface area (Å²) in [6, 6.07) is 1.51. The highest BCUT2D eigenvalue weighted by Gasteiger charge is 2.07. The number of rotatable bonds is 7. The molecule has 2 N–H and O–H groups in total. The highest BCUT2D eigenvalue weighted by molar-refractivity contribution is 7.99. The number of aliphatic hydroxyl groups is 1. The van der Waals surface area contributed by atoms with Crippen molar-refractivity contribution in [2.75, 3.05) is 19.5 Å². The van der Waals surface area contributed by atoms with Gasteiger partial charge in [0.15, 0.2) is 5.16 Å². The van der Waals surface area contributed by atoms with Crippen LogP contribution in [0.3, 0.4) is 0 Å². The molecule has 1 aromatic rings. The SMILES string of the molecule is CCCc1cc(=O)[nH]c(SCC(O)COC)n1. The first-order valence-electron chi connectivity index (χ1n) is 5.55. The molecule has 1 unspecified atom stereocenters. The van der Waals surface area contributed by atoms with Crippen LogP contribution in [0.5, 0.6) is 0 Å². The fourth-order valence-corrected chi connectivity index (χ4v) is 2.15. The monoisotopic (exact) mass is 258 g/mol. The van der Waals surface area contributed by atoms with Gasteiger partial charge in [-0.2, -0.15) is 0 Å². The Morgan fingerprint density at radius 3 is 3.06 bits per heavy atom. The number of aryl methyl sites for hydroxylation is 1. The van der Waals surface area contributed by atoms with Crippen LogP contribution in [0, 0.1) is 0 Å². The lowest BCUT2D eigenvalue weighted by molar-refractivity contribution is 0.0793. The highest BCUT2D eigenvalue weighted by Crippen LogP contribution is 2.13. The second-order valence-corrected chi connectivity index (χ2v) is 4.72. The number of aromatic amines is 1. The fourth-order valence-electron chi connectivity index (χ4n) is 1.35. The molecule has 5 nitrogen and oxygen atoms in total. The van der Waals surface area contributed by atoms with E-state index in [0.29, 0.717) is 10.9 Å². The van der Waals surface area contributed by atoms with Crippen molar-refractivity contribution in [1.82, 2.24) is 9.97 Å². The maximum absolute atomic E-state index is 11.4. The zero-order valence-corrected chi connectivity index (χ0v) is 10.9. The Kier molecular flexibility index (Phi) is 6.25. The fraction of sp³-hybridized carbons (Fsp3) is 0.636. The van der Waals surface area contributed by atoms with Crippen molar-refractivity contribution < 1.29 is 9.84 Å². The van der Waals surface area contributed by atoms with Crippen molar-refractivity contribution in [3.05, 3.63) is 22.1 Å².